The zero-order valence-electron chi connectivity index (χ0n) is 19.2. The number of benzene rings is 1. The molecule has 166 valence electrons. The van der Waals surface area contributed by atoms with Crippen LogP contribution in [0.3, 0.4) is 0 Å². The van der Waals surface area contributed by atoms with Crippen LogP contribution in [-0.4, -0.2) is 40.4 Å². The summed E-state index contributed by atoms with van der Waals surface area (Å²) in [5.74, 6) is 2.53. The molecule has 1 N–H and O–H groups in total. The van der Waals surface area contributed by atoms with Crippen molar-refractivity contribution < 1.29 is 0 Å². The van der Waals surface area contributed by atoms with E-state index in [0.717, 1.165) is 41.3 Å². The molecule has 4 aromatic rings. The summed E-state index contributed by atoms with van der Waals surface area (Å²) >= 11 is 0. The van der Waals surface area contributed by atoms with E-state index in [-0.39, 0.29) is 5.41 Å². The number of tetrazole rings is 1. The molecule has 8 heteroatoms. The normalized spacial score (nSPS) is 11.8. The van der Waals surface area contributed by atoms with Crippen molar-refractivity contribution in [3.8, 4) is 22.6 Å². The summed E-state index contributed by atoms with van der Waals surface area (Å²) in [6, 6.07) is 12.4. The van der Waals surface area contributed by atoms with E-state index >= 15 is 0 Å². The first kappa shape index (κ1) is 21.8. The van der Waals surface area contributed by atoms with Gasteiger partial charge in [0.1, 0.15) is 11.5 Å². The summed E-state index contributed by atoms with van der Waals surface area (Å²) in [4.78, 5) is 9.34. The second-order valence-corrected chi connectivity index (χ2v) is 9.06. The van der Waals surface area contributed by atoms with Crippen LogP contribution in [0.2, 0.25) is 0 Å². The van der Waals surface area contributed by atoms with Gasteiger partial charge in [-0.3, -0.25) is 4.98 Å². The van der Waals surface area contributed by atoms with E-state index in [0.29, 0.717) is 12.4 Å². The molecule has 3 aromatic heterocycles. The maximum absolute atomic E-state index is 4.88. The van der Waals surface area contributed by atoms with Crippen molar-refractivity contribution in [3.05, 3.63) is 59.8 Å². The molecule has 0 bridgehead atoms. The number of H-pyrrole nitrogens is 1. The van der Waals surface area contributed by atoms with Crippen LogP contribution in [0.1, 0.15) is 64.2 Å². The smallest absolute Gasteiger partial charge is 0.198 e. The molecule has 0 aliphatic rings. The first-order valence-corrected chi connectivity index (χ1v) is 11.2. The predicted octanol–water partition coefficient (Wildman–Crippen LogP) is 4.60. The van der Waals surface area contributed by atoms with Crippen LogP contribution in [0.4, 0.5) is 0 Å². The van der Waals surface area contributed by atoms with E-state index in [1.807, 2.05) is 12.1 Å². The van der Waals surface area contributed by atoms with E-state index in [1.165, 1.54) is 18.4 Å². The molecule has 0 spiro atoms. The van der Waals surface area contributed by atoms with Crippen molar-refractivity contribution in [2.75, 3.05) is 0 Å². The molecule has 32 heavy (non-hydrogen) atoms. The topological polar surface area (TPSA) is 98.1 Å². The molecule has 0 aliphatic heterocycles. The molecule has 0 unspecified atom stereocenters. The van der Waals surface area contributed by atoms with Crippen LogP contribution in [0.5, 0.6) is 0 Å². The van der Waals surface area contributed by atoms with Gasteiger partial charge >= 0.3 is 0 Å². The number of aryl methyl sites for hydroxylation is 1. The van der Waals surface area contributed by atoms with Crippen LogP contribution in [0.25, 0.3) is 22.6 Å². The predicted molar refractivity (Wildman–Crippen MR) is 124 cm³/mol. The van der Waals surface area contributed by atoms with E-state index in [4.69, 9.17) is 10.1 Å². The van der Waals surface area contributed by atoms with E-state index < -0.39 is 0 Å². The molecule has 0 aliphatic carbocycles. The van der Waals surface area contributed by atoms with E-state index in [9.17, 15) is 0 Å². The number of pyridine rings is 1. The standard InChI is InChI=1S/C24H30N8/c1-5-6-7-10-20-26-23(24(2,3)4)29-32(20)16-17-11-13-18(14-12-17)19-9-8-15-25-21(19)22-27-30-31-28-22/h8-9,11-15H,5-7,10,16H2,1-4H3,(H,27,28,30,31). The highest BCUT2D eigenvalue weighted by molar-refractivity contribution is 5.77. The van der Waals surface area contributed by atoms with Gasteiger partial charge in [-0.05, 0) is 34.0 Å². The van der Waals surface area contributed by atoms with Gasteiger partial charge in [-0.15, -0.1) is 5.10 Å². The number of aromatic nitrogens is 8. The van der Waals surface area contributed by atoms with Gasteiger partial charge < -0.3 is 0 Å². The first-order valence-electron chi connectivity index (χ1n) is 11.2. The monoisotopic (exact) mass is 430 g/mol. The largest absolute Gasteiger partial charge is 0.252 e. The molecule has 0 amide bonds. The number of nitrogens with one attached hydrogen (secondary N) is 1. The van der Waals surface area contributed by atoms with E-state index in [2.05, 4.69) is 82.3 Å². The summed E-state index contributed by atoms with van der Waals surface area (Å²) < 4.78 is 2.07. The van der Waals surface area contributed by atoms with Gasteiger partial charge in [-0.1, -0.05) is 70.9 Å². The Balaban J connectivity index is 1.58. The van der Waals surface area contributed by atoms with Crippen LogP contribution in [0.15, 0.2) is 42.6 Å². The van der Waals surface area contributed by atoms with Crippen molar-refractivity contribution in [1.29, 1.82) is 0 Å². The number of unbranched alkanes of at least 4 members (excludes halogenated alkanes) is 2. The molecule has 1 aromatic carbocycles. The molecule has 0 radical (unpaired) electrons. The Bertz CT molecular complexity index is 1140. The van der Waals surface area contributed by atoms with Crippen LogP contribution >= 0.6 is 0 Å². The van der Waals surface area contributed by atoms with Gasteiger partial charge in [-0.25, -0.2) is 14.8 Å². The fourth-order valence-corrected chi connectivity index (χ4v) is 3.59. The minimum absolute atomic E-state index is 0.0686. The highest BCUT2D eigenvalue weighted by Gasteiger charge is 2.22. The van der Waals surface area contributed by atoms with Gasteiger partial charge in [0.15, 0.2) is 11.6 Å². The second kappa shape index (κ2) is 9.38. The molecule has 8 nitrogen and oxygen atoms in total. The lowest BCUT2D eigenvalue weighted by Gasteiger charge is -2.12. The lowest BCUT2D eigenvalue weighted by molar-refractivity contribution is 0.532. The lowest BCUT2D eigenvalue weighted by Crippen LogP contribution is -2.14. The zero-order chi connectivity index (χ0) is 22.6. The minimum Gasteiger partial charge on any atom is -0.252 e. The average molecular weight is 431 g/mol. The highest BCUT2D eigenvalue weighted by Crippen LogP contribution is 2.28. The molecule has 0 fully saturated rings. The van der Waals surface area contributed by atoms with E-state index in [1.54, 1.807) is 6.20 Å². The summed E-state index contributed by atoms with van der Waals surface area (Å²) in [5.41, 5.74) is 3.89. The van der Waals surface area contributed by atoms with Crippen LogP contribution in [-0.2, 0) is 18.4 Å². The lowest BCUT2D eigenvalue weighted by atomic mass is 9.96. The average Bonchev–Trinajstić information content (AvgIpc) is 3.45. The van der Waals surface area contributed by atoms with Crippen LogP contribution in [0, 0.1) is 0 Å². The Kier molecular flexibility index (Phi) is 6.39. The summed E-state index contributed by atoms with van der Waals surface area (Å²) in [6.45, 7) is 9.41. The SMILES string of the molecule is CCCCCc1nc(C(C)(C)C)nn1Cc1ccc(-c2cccnc2-c2nnn[nH]2)cc1. The van der Waals surface area contributed by atoms with Crippen molar-refractivity contribution >= 4 is 0 Å². The summed E-state index contributed by atoms with van der Waals surface area (Å²) in [7, 11) is 0. The van der Waals surface area contributed by atoms with Crippen molar-refractivity contribution in [3.63, 3.8) is 0 Å². The fraction of sp³-hybridized carbons (Fsp3) is 0.417. The summed E-state index contributed by atoms with van der Waals surface area (Å²) in [5, 5.41) is 19.0. The Morgan fingerprint density at radius 3 is 2.53 bits per heavy atom. The van der Waals surface area contributed by atoms with Crippen molar-refractivity contribution in [1.82, 2.24) is 40.4 Å². The van der Waals surface area contributed by atoms with Crippen molar-refractivity contribution in [2.45, 2.75) is 65.3 Å². The van der Waals surface area contributed by atoms with Crippen molar-refractivity contribution in [2.24, 2.45) is 0 Å². The van der Waals surface area contributed by atoms with Crippen LogP contribution < -0.4 is 0 Å². The Hall–Kier alpha value is -3.42. The third-order valence-electron chi connectivity index (χ3n) is 5.40. The zero-order valence-corrected chi connectivity index (χ0v) is 19.2. The molecule has 0 saturated heterocycles. The van der Waals surface area contributed by atoms with Gasteiger partial charge in [0, 0.05) is 23.6 Å². The number of nitrogens with zero attached hydrogens (tertiary/aromatic N) is 7. The third kappa shape index (κ3) is 4.90. The third-order valence-corrected chi connectivity index (χ3v) is 5.40. The second-order valence-electron chi connectivity index (χ2n) is 9.06. The molecule has 3 heterocycles. The summed E-state index contributed by atoms with van der Waals surface area (Å²) in [6.07, 6.45) is 6.24. The maximum atomic E-state index is 4.88. The van der Waals surface area contributed by atoms with Gasteiger partial charge in [0.25, 0.3) is 0 Å². The minimum atomic E-state index is -0.0686. The Morgan fingerprint density at radius 2 is 1.84 bits per heavy atom. The Morgan fingerprint density at radius 1 is 1.03 bits per heavy atom. The number of aromatic amines is 1. The van der Waals surface area contributed by atoms with Gasteiger partial charge in [-0.2, -0.15) is 5.10 Å². The Labute approximate surface area is 188 Å². The highest BCUT2D eigenvalue weighted by atomic mass is 15.5. The number of hydrogen-bond acceptors (Lipinski definition) is 6. The quantitative estimate of drug-likeness (QED) is 0.410. The molecular formula is C24H30N8. The van der Waals surface area contributed by atoms with Gasteiger partial charge in [0.05, 0.1) is 6.54 Å². The molecule has 4 rings (SSSR count). The number of hydrogen-bond donors (Lipinski definition) is 1. The molecule has 0 atom stereocenters. The first-order chi connectivity index (χ1) is 15.5. The molecular weight excluding hydrogens is 400 g/mol. The van der Waals surface area contributed by atoms with Gasteiger partial charge in [0.2, 0.25) is 0 Å². The maximum Gasteiger partial charge on any atom is 0.198 e. The number of rotatable bonds is 8. The molecule has 0 saturated carbocycles. The fourth-order valence-electron chi connectivity index (χ4n) is 3.59.